The third-order valence-corrected chi connectivity index (χ3v) is 7.11. The molecular weight excluding hydrogens is 496 g/mol. The van der Waals surface area contributed by atoms with E-state index in [2.05, 4.69) is 4.98 Å². The maximum absolute atomic E-state index is 14.0. The van der Waals surface area contributed by atoms with Crippen molar-refractivity contribution >= 4 is 18.3 Å². The Bertz CT molecular complexity index is 1180. The van der Waals surface area contributed by atoms with Crippen molar-refractivity contribution in [2.24, 2.45) is 0 Å². The summed E-state index contributed by atoms with van der Waals surface area (Å²) in [6.07, 6.45) is -3.42. The van der Waals surface area contributed by atoms with Crippen LogP contribution >= 0.6 is 0 Å². The van der Waals surface area contributed by atoms with E-state index in [-0.39, 0.29) is 5.46 Å². The second kappa shape index (κ2) is 10.5. The van der Waals surface area contributed by atoms with Crippen LogP contribution < -0.4 is 19.8 Å². The molecule has 6 nitrogen and oxygen atoms in total. The highest BCUT2D eigenvalue weighted by molar-refractivity contribution is 6.62. The van der Waals surface area contributed by atoms with Crippen LogP contribution in [0.3, 0.4) is 0 Å². The van der Waals surface area contributed by atoms with E-state index in [1.54, 1.807) is 41.9 Å². The van der Waals surface area contributed by atoms with Crippen molar-refractivity contribution in [3.05, 3.63) is 77.6 Å². The van der Waals surface area contributed by atoms with E-state index in [1.807, 2.05) is 53.4 Å². The van der Waals surface area contributed by atoms with E-state index < -0.39 is 30.2 Å². The number of hydrogen-bond donors (Lipinski definition) is 0. The molecule has 1 aliphatic heterocycles. The molecule has 10 heteroatoms. The van der Waals surface area contributed by atoms with Crippen LogP contribution in [0.5, 0.6) is 11.5 Å². The monoisotopic (exact) mass is 528 g/mol. The van der Waals surface area contributed by atoms with Crippen LogP contribution in [0.4, 0.5) is 18.9 Å². The predicted molar refractivity (Wildman–Crippen MR) is 141 cm³/mol. The maximum Gasteiger partial charge on any atom is 0.497 e. The van der Waals surface area contributed by atoms with E-state index in [0.29, 0.717) is 18.8 Å². The lowest BCUT2D eigenvalue weighted by molar-refractivity contribution is -0.140. The summed E-state index contributed by atoms with van der Waals surface area (Å²) in [5.74, 6) is 1.43. The van der Waals surface area contributed by atoms with Crippen molar-refractivity contribution in [3.8, 4) is 11.5 Å². The minimum absolute atomic E-state index is 0.150. The Kier molecular flexibility index (Phi) is 7.68. The molecule has 3 aromatic rings. The van der Waals surface area contributed by atoms with Gasteiger partial charge in [0, 0.05) is 18.6 Å². The summed E-state index contributed by atoms with van der Waals surface area (Å²) in [5, 5.41) is 0. The van der Waals surface area contributed by atoms with Crippen LogP contribution in [-0.4, -0.2) is 37.5 Å². The highest BCUT2D eigenvalue weighted by Crippen LogP contribution is 2.38. The summed E-state index contributed by atoms with van der Waals surface area (Å²) in [7, 11) is 1.97. The number of benzene rings is 2. The van der Waals surface area contributed by atoms with Crippen molar-refractivity contribution in [1.82, 2.24) is 4.98 Å². The lowest BCUT2D eigenvalue weighted by Gasteiger charge is -2.32. The molecule has 0 bridgehead atoms. The minimum Gasteiger partial charge on any atom is -0.497 e. The largest absolute Gasteiger partial charge is 0.497 e. The number of halogens is 3. The predicted octanol–water partition coefficient (Wildman–Crippen LogP) is 5.62. The fraction of sp³-hybridized carbons (Fsp3) is 0.393. The van der Waals surface area contributed by atoms with Gasteiger partial charge in [-0.15, -0.1) is 0 Å². The third-order valence-electron chi connectivity index (χ3n) is 7.11. The first-order valence-electron chi connectivity index (χ1n) is 12.3. The first kappa shape index (κ1) is 27.8. The molecule has 1 saturated heterocycles. The standard InChI is InChI=1S/C28H32BF3N2O4/c1-26(2)27(3,4)38-29(37-26)24-15-21(16-33-25(24)28(30,31)32)34(17-19-7-11-22(35-5)12-8-19)18-20-9-13-23(36-6)14-10-20/h7-16H,17-18H2,1-6H3. The zero-order valence-electron chi connectivity index (χ0n) is 22.4. The highest BCUT2D eigenvalue weighted by Gasteiger charge is 2.54. The van der Waals surface area contributed by atoms with Crippen LogP contribution in [0.15, 0.2) is 60.8 Å². The third kappa shape index (κ3) is 5.91. The summed E-state index contributed by atoms with van der Waals surface area (Å²) >= 11 is 0. The molecule has 1 aliphatic rings. The fourth-order valence-corrected chi connectivity index (χ4v) is 4.17. The van der Waals surface area contributed by atoms with Crippen molar-refractivity contribution in [2.75, 3.05) is 19.1 Å². The Morgan fingerprint density at radius 3 is 1.66 bits per heavy atom. The minimum atomic E-state index is -4.67. The molecule has 0 spiro atoms. The summed E-state index contributed by atoms with van der Waals surface area (Å²) in [6, 6.07) is 16.6. The summed E-state index contributed by atoms with van der Waals surface area (Å²) in [5.41, 5.74) is -0.357. The van der Waals surface area contributed by atoms with Crippen molar-refractivity contribution < 1.29 is 32.0 Å². The van der Waals surface area contributed by atoms with Gasteiger partial charge >= 0.3 is 13.3 Å². The van der Waals surface area contributed by atoms with Gasteiger partial charge in [0.1, 0.15) is 17.2 Å². The van der Waals surface area contributed by atoms with Crippen molar-refractivity contribution in [2.45, 2.75) is 58.2 Å². The Labute approximate surface area is 221 Å². The molecule has 0 radical (unpaired) electrons. The van der Waals surface area contributed by atoms with Crippen LogP contribution in [0.1, 0.15) is 44.5 Å². The molecule has 0 N–H and O–H groups in total. The van der Waals surface area contributed by atoms with E-state index in [4.69, 9.17) is 18.8 Å². The van der Waals surface area contributed by atoms with E-state index in [0.717, 1.165) is 22.6 Å². The number of aromatic nitrogens is 1. The Balaban J connectivity index is 1.75. The lowest BCUT2D eigenvalue weighted by Crippen LogP contribution is -2.41. The molecule has 2 heterocycles. The van der Waals surface area contributed by atoms with E-state index >= 15 is 0 Å². The molecular formula is C28H32BF3N2O4. The topological polar surface area (TPSA) is 53.1 Å². The number of anilines is 1. The van der Waals surface area contributed by atoms with Gasteiger partial charge < -0.3 is 23.7 Å². The molecule has 1 fully saturated rings. The van der Waals surface area contributed by atoms with Gasteiger partial charge in [-0.1, -0.05) is 24.3 Å². The maximum atomic E-state index is 14.0. The number of methoxy groups -OCH3 is 2. The highest BCUT2D eigenvalue weighted by atomic mass is 19.4. The van der Waals surface area contributed by atoms with Crippen LogP contribution in [0.25, 0.3) is 0 Å². The smallest absolute Gasteiger partial charge is 0.497 e. The average Bonchev–Trinajstić information content (AvgIpc) is 3.10. The molecule has 0 amide bonds. The van der Waals surface area contributed by atoms with Gasteiger partial charge in [-0.3, -0.25) is 0 Å². The van der Waals surface area contributed by atoms with Gasteiger partial charge in [-0.2, -0.15) is 13.2 Å². The van der Waals surface area contributed by atoms with E-state index in [1.165, 1.54) is 12.3 Å². The molecule has 0 atom stereocenters. The van der Waals surface area contributed by atoms with Gasteiger partial charge in [0.25, 0.3) is 0 Å². The first-order valence-corrected chi connectivity index (χ1v) is 12.3. The molecule has 1 aromatic heterocycles. The molecule has 0 aliphatic carbocycles. The Hall–Kier alpha value is -3.24. The molecule has 38 heavy (non-hydrogen) atoms. The quantitative estimate of drug-likeness (QED) is 0.354. The van der Waals surface area contributed by atoms with Crippen molar-refractivity contribution in [3.63, 3.8) is 0 Å². The average molecular weight is 528 g/mol. The molecule has 2 aromatic carbocycles. The Morgan fingerprint density at radius 1 is 0.816 bits per heavy atom. The zero-order chi connectivity index (χ0) is 27.7. The van der Waals surface area contributed by atoms with Crippen LogP contribution in [-0.2, 0) is 28.6 Å². The molecule has 0 saturated carbocycles. The summed E-state index contributed by atoms with van der Waals surface area (Å²) in [6.45, 7) is 8.06. The molecule has 0 unspecified atom stereocenters. The van der Waals surface area contributed by atoms with Crippen molar-refractivity contribution in [1.29, 1.82) is 0 Å². The molecule has 202 valence electrons. The number of hydrogen-bond acceptors (Lipinski definition) is 6. The number of alkyl halides is 3. The van der Waals surface area contributed by atoms with Crippen LogP contribution in [0, 0.1) is 0 Å². The Morgan fingerprint density at radius 2 is 1.26 bits per heavy atom. The van der Waals surface area contributed by atoms with E-state index in [9.17, 15) is 13.2 Å². The second-order valence-corrected chi connectivity index (χ2v) is 10.3. The lowest BCUT2D eigenvalue weighted by atomic mass is 9.77. The van der Waals surface area contributed by atoms with Gasteiger partial charge in [-0.05, 0) is 69.2 Å². The number of pyridine rings is 1. The number of ether oxygens (including phenoxy) is 2. The summed E-state index contributed by atoms with van der Waals surface area (Å²) in [4.78, 5) is 5.85. The first-order chi connectivity index (χ1) is 17.8. The number of nitrogens with zero attached hydrogens (tertiary/aromatic N) is 2. The van der Waals surface area contributed by atoms with Gasteiger partial charge in [0.2, 0.25) is 0 Å². The van der Waals surface area contributed by atoms with Gasteiger partial charge in [-0.25, -0.2) is 4.98 Å². The SMILES string of the molecule is COc1ccc(CN(Cc2ccc(OC)cc2)c2cnc(C(F)(F)F)c(B3OC(C)(C)C(C)(C)O3)c2)cc1. The fourth-order valence-electron chi connectivity index (χ4n) is 4.17. The zero-order valence-corrected chi connectivity index (χ0v) is 22.4. The van der Waals surface area contributed by atoms with Gasteiger partial charge in [0.15, 0.2) is 0 Å². The number of rotatable bonds is 8. The summed E-state index contributed by atoms with van der Waals surface area (Å²) < 4.78 is 64.7. The normalized spacial score (nSPS) is 16.4. The second-order valence-electron chi connectivity index (χ2n) is 10.3. The van der Waals surface area contributed by atoms with Gasteiger partial charge in [0.05, 0.1) is 37.3 Å². The van der Waals surface area contributed by atoms with Crippen LogP contribution in [0.2, 0.25) is 0 Å². The molecule has 4 rings (SSSR count).